The number of hydrogen-bond donors (Lipinski definition) is 8. The van der Waals surface area contributed by atoms with Crippen LogP contribution in [-0.2, 0) is 18.7 Å². The Hall–Kier alpha value is -0.410. The zero-order valence-electron chi connectivity index (χ0n) is 10.5. The van der Waals surface area contributed by atoms with Crippen molar-refractivity contribution in [1.82, 2.24) is 10.6 Å². The van der Waals surface area contributed by atoms with Gasteiger partial charge in [-0.25, -0.2) is 0 Å². The monoisotopic (exact) mass is 370 g/mol. The number of aliphatic carboxylic acids is 2. The number of rotatable bonds is 8. The van der Waals surface area contributed by atoms with Gasteiger partial charge in [-0.05, 0) is 0 Å². The predicted octanol–water partition coefficient (Wildman–Crippen LogP) is -2.21. The molecule has 1 unspecified atom stereocenters. The highest BCUT2D eigenvalue weighted by atomic mass is 31.2. The molecule has 0 aromatic rings. The van der Waals surface area contributed by atoms with E-state index in [-0.39, 0.29) is 6.54 Å². The number of hydrogen-bond acceptors (Lipinski definition) is 6. The highest BCUT2D eigenvalue weighted by Gasteiger charge is 2.43. The summed E-state index contributed by atoms with van der Waals surface area (Å²) in [6.07, 6.45) is 0.631. The Morgan fingerprint density at radius 3 is 1.52 bits per heavy atom. The molecule has 0 heterocycles. The first-order chi connectivity index (χ1) is 9.32. The molecule has 0 aromatic heterocycles. The molecule has 0 spiro atoms. The van der Waals surface area contributed by atoms with Gasteiger partial charge in [-0.3, -0.25) is 24.0 Å². The van der Waals surface area contributed by atoms with Crippen LogP contribution in [0.25, 0.3) is 0 Å². The molecule has 0 saturated carbocycles. The normalized spacial score (nSPS) is 11.7. The lowest BCUT2D eigenvalue weighted by molar-refractivity contribution is -0.136. The maximum absolute atomic E-state index is 10.5. The van der Waals surface area contributed by atoms with E-state index in [2.05, 4.69) is 14.6 Å². The Morgan fingerprint density at radius 2 is 1.33 bits per heavy atom. The van der Waals surface area contributed by atoms with Crippen LogP contribution < -0.4 is 10.6 Å². The minimum Gasteiger partial charge on any atom is -0.480 e. The predicted molar refractivity (Wildman–Crippen MR) is 73.7 cm³/mol. The van der Waals surface area contributed by atoms with E-state index in [0.29, 0.717) is 6.29 Å². The lowest BCUT2D eigenvalue weighted by atomic mass is 10.7. The maximum Gasteiger partial charge on any atom is 0.354 e. The summed E-state index contributed by atoms with van der Waals surface area (Å²) < 4.78 is 21.1. The van der Waals surface area contributed by atoms with E-state index < -0.39 is 39.2 Å². The van der Waals surface area contributed by atoms with E-state index >= 15 is 0 Å². The molecule has 0 fully saturated rings. The van der Waals surface area contributed by atoms with Crippen molar-refractivity contribution in [3.05, 3.63) is 0 Å². The fraction of sp³-hybridized carbons (Fsp3) is 0.667. The molecule has 0 aliphatic heterocycles. The molecule has 12 nitrogen and oxygen atoms in total. The molecule has 0 radical (unpaired) electrons. The molecular formula is C6H17N2O10P3. The molecule has 0 bridgehead atoms. The summed E-state index contributed by atoms with van der Waals surface area (Å²) in [5.74, 6) is -2.31. The summed E-state index contributed by atoms with van der Waals surface area (Å²) in [5.41, 5.74) is -2.48. The third-order valence-electron chi connectivity index (χ3n) is 1.49. The summed E-state index contributed by atoms with van der Waals surface area (Å²) in [6.45, 7) is -0.912. The Balaban J connectivity index is 0. The van der Waals surface area contributed by atoms with Gasteiger partial charge in [0.25, 0.3) is 0 Å². The zero-order chi connectivity index (χ0) is 17.3. The molecule has 8 N–H and O–H groups in total. The van der Waals surface area contributed by atoms with E-state index in [9.17, 15) is 18.7 Å². The fourth-order valence-electron chi connectivity index (χ4n) is 0.791. The lowest BCUT2D eigenvalue weighted by Crippen LogP contribution is -2.33. The molecule has 21 heavy (non-hydrogen) atoms. The summed E-state index contributed by atoms with van der Waals surface area (Å²) in [5, 5.41) is 20.3. The highest BCUT2D eigenvalue weighted by molar-refractivity contribution is 7.70. The van der Waals surface area contributed by atoms with Crippen molar-refractivity contribution < 1.29 is 48.5 Å². The molecular weight excluding hydrogens is 353 g/mol. The van der Waals surface area contributed by atoms with Gasteiger partial charge in [-0.15, -0.1) is 9.24 Å². The SMILES string of the molecule is O=C(O)CNC(P(=O)(O)O)P(=O)(O)O.O=C(O)CNCP. The standard InChI is InChI=1S/C3H9NO8P2.C3H8NO2P/c5-2(6)1-4-3(13(7,8)9)14(10,11)12;5-3(6)1-4-2-7/h3-4H,1H2,(H,5,6)(H2,7,8,9)(H2,10,11,12);4H,1-2,7H2,(H,5,6). The number of carboxylic acids is 2. The Bertz CT molecular complexity index is 409. The van der Waals surface area contributed by atoms with Crippen LogP contribution in [0.3, 0.4) is 0 Å². The second kappa shape index (κ2) is 10.3. The van der Waals surface area contributed by atoms with Crippen molar-refractivity contribution in [2.75, 3.05) is 19.4 Å². The molecule has 1 atom stereocenters. The number of nitrogens with one attached hydrogen (secondary N) is 2. The minimum atomic E-state index is -5.09. The van der Waals surface area contributed by atoms with E-state index in [1.54, 1.807) is 5.32 Å². The van der Waals surface area contributed by atoms with Gasteiger partial charge in [-0.1, -0.05) is 0 Å². The molecule has 0 aromatic carbocycles. The Labute approximate surface area is 121 Å². The third-order valence-corrected chi connectivity index (χ3v) is 5.23. The molecule has 0 saturated heterocycles. The summed E-state index contributed by atoms with van der Waals surface area (Å²) >= 11 is 0. The number of carboxylic acid groups (broad SMARTS) is 2. The van der Waals surface area contributed by atoms with Gasteiger partial charge in [0.15, 0.2) is 0 Å². The first-order valence-electron chi connectivity index (χ1n) is 5.00. The second-order valence-electron chi connectivity index (χ2n) is 3.35. The molecule has 0 aliphatic carbocycles. The van der Waals surface area contributed by atoms with Crippen molar-refractivity contribution in [3.8, 4) is 0 Å². The van der Waals surface area contributed by atoms with Crippen molar-refractivity contribution in [2.45, 2.75) is 5.52 Å². The Kier molecular flexibility index (Phi) is 11.3. The molecule has 0 aliphatic rings. The van der Waals surface area contributed by atoms with Gasteiger partial charge in [0.2, 0.25) is 5.52 Å². The second-order valence-corrected chi connectivity index (χ2v) is 7.56. The lowest BCUT2D eigenvalue weighted by Gasteiger charge is -2.19. The van der Waals surface area contributed by atoms with Crippen LogP contribution in [0.4, 0.5) is 0 Å². The van der Waals surface area contributed by atoms with Gasteiger partial charge in [0.1, 0.15) is 0 Å². The Morgan fingerprint density at radius 1 is 0.952 bits per heavy atom. The van der Waals surface area contributed by atoms with Gasteiger partial charge in [0.05, 0.1) is 13.1 Å². The number of carbonyl (C=O) groups is 2. The van der Waals surface area contributed by atoms with E-state index in [0.717, 1.165) is 0 Å². The van der Waals surface area contributed by atoms with Gasteiger partial charge < -0.3 is 35.1 Å². The van der Waals surface area contributed by atoms with Crippen LogP contribution in [0.5, 0.6) is 0 Å². The van der Waals surface area contributed by atoms with E-state index in [4.69, 9.17) is 29.8 Å². The average Bonchev–Trinajstić information content (AvgIpc) is 2.22. The molecule has 126 valence electrons. The largest absolute Gasteiger partial charge is 0.480 e. The van der Waals surface area contributed by atoms with E-state index in [1.807, 2.05) is 0 Å². The van der Waals surface area contributed by atoms with Gasteiger partial charge in [-0.2, -0.15) is 0 Å². The fourth-order valence-corrected chi connectivity index (χ4v) is 3.16. The van der Waals surface area contributed by atoms with Crippen molar-refractivity contribution in [3.63, 3.8) is 0 Å². The van der Waals surface area contributed by atoms with Crippen LogP contribution in [0, 0.1) is 0 Å². The van der Waals surface area contributed by atoms with Crippen molar-refractivity contribution in [2.24, 2.45) is 0 Å². The third kappa shape index (κ3) is 14.3. The summed E-state index contributed by atoms with van der Waals surface area (Å²) in [7, 11) is -7.81. The smallest absolute Gasteiger partial charge is 0.354 e. The topological polar surface area (TPSA) is 214 Å². The van der Waals surface area contributed by atoms with Crippen LogP contribution in [0.1, 0.15) is 0 Å². The van der Waals surface area contributed by atoms with Crippen LogP contribution >= 0.6 is 24.4 Å². The van der Waals surface area contributed by atoms with Crippen LogP contribution in [-0.4, -0.2) is 66.6 Å². The first kappa shape index (κ1) is 22.9. The molecule has 15 heteroatoms. The zero-order valence-corrected chi connectivity index (χ0v) is 13.4. The first-order valence-corrected chi connectivity index (χ1v) is 9.18. The van der Waals surface area contributed by atoms with Gasteiger partial charge in [0, 0.05) is 6.29 Å². The van der Waals surface area contributed by atoms with Crippen LogP contribution in [0.2, 0.25) is 0 Å². The average molecular weight is 370 g/mol. The molecule has 0 amide bonds. The van der Waals surface area contributed by atoms with E-state index in [1.165, 1.54) is 0 Å². The van der Waals surface area contributed by atoms with Crippen molar-refractivity contribution >= 4 is 36.4 Å². The maximum atomic E-state index is 10.5. The quantitative estimate of drug-likeness (QED) is 0.214. The van der Waals surface area contributed by atoms with Gasteiger partial charge >= 0.3 is 27.1 Å². The minimum absolute atomic E-state index is 0.0451. The molecule has 0 rings (SSSR count). The summed E-state index contributed by atoms with van der Waals surface area (Å²) in [6, 6.07) is 0. The van der Waals surface area contributed by atoms with Crippen LogP contribution in [0.15, 0.2) is 0 Å². The van der Waals surface area contributed by atoms with Crippen molar-refractivity contribution in [1.29, 1.82) is 0 Å². The highest BCUT2D eigenvalue weighted by Crippen LogP contribution is 2.58. The summed E-state index contributed by atoms with van der Waals surface area (Å²) in [4.78, 5) is 53.6.